The molecule has 1 N–H and O–H groups in total. The zero-order chi connectivity index (χ0) is 14.7. The second-order valence-corrected chi connectivity index (χ2v) is 6.87. The summed E-state index contributed by atoms with van der Waals surface area (Å²) in [7, 11) is 0. The van der Waals surface area contributed by atoms with Crippen LogP contribution in [0.1, 0.15) is 40.7 Å². The third-order valence-corrected chi connectivity index (χ3v) is 4.89. The Labute approximate surface area is 135 Å². The highest BCUT2D eigenvalue weighted by molar-refractivity contribution is 9.10. The second-order valence-electron chi connectivity index (χ2n) is 4.63. The molecule has 0 atom stereocenters. The van der Waals surface area contributed by atoms with Gasteiger partial charge in [0.1, 0.15) is 5.15 Å². The Bertz CT molecular complexity index is 627. The quantitative estimate of drug-likeness (QED) is 0.795. The zero-order valence-corrected chi connectivity index (χ0v) is 14.3. The predicted molar refractivity (Wildman–Crippen MR) is 86.5 cm³/mol. The van der Waals surface area contributed by atoms with Gasteiger partial charge in [-0.2, -0.15) is 0 Å². The molecule has 2 aromatic heterocycles. The number of nitrogens with one attached hydrogen (secondary N) is 1. The molecule has 0 saturated carbocycles. The number of thiophene rings is 1. The summed E-state index contributed by atoms with van der Waals surface area (Å²) < 4.78 is 1.01. The minimum absolute atomic E-state index is 0.142. The molecule has 0 spiro atoms. The van der Waals surface area contributed by atoms with Gasteiger partial charge in [0.2, 0.25) is 0 Å². The van der Waals surface area contributed by atoms with Gasteiger partial charge in [0.05, 0.1) is 6.54 Å². The summed E-state index contributed by atoms with van der Waals surface area (Å²) in [5, 5.41) is 5.21. The Kier molecular flexibility index (Phi) is 5.18. The van der Waals surface area contributed by atoms with Crippen molar-refractivity contribution in [2.75, 3.05) is 0 Å². The van der Waals surface area contributed by atoms with Crippen LogP contribution in [-0.4, -0.2) is 10.9 Å². The lowest BCUT2D eigenvalue weighted by molar-refractivity contribution is 0.0951. The molecule has 2 aromatic rings. The maximum atomic E-state index is 12.2. The zero-order valence-electron chi connectivity index (χ0n) is 11.1. The maximum absolute atomic E-state index is 12.2. The Balaban J connectivity index is 2.11. The Morgan fingerprint density at radius 2 is 2.25 bits per heavy atom. The van der Waals surface area contributed by atoms with Crippen molar-refractivity contribution in [2.45, 2.75) is 26.3 Å². The van der Waals surface area contributed by atoms with Crippen LogP contribution in [0.3, 0.4) is 0 Å². The van der Waals surface area contributed by atoms with E-state index in [0.717, 1.165) is 15.0 Å². The number of amides is 1. The average Bonchev–Trinajstić information content (AvgIpc) is 2.80. The standard InChI is InChI=1S/C14H14BrClN2OS/c1-8(2)11-5-9(6-13(16)18-11)14(19)17-7-12-10(15)3-4-20-12/h3-6,8H,7H2,1-2H3,(H,17,19). The molecule has 20 heavy (non-hydrogen) atoms. The number of carbonyl (C=O) groups is 1. The molecule has 0 aromatic carbocycles. The normalized spacial score (nSPS) is 10.8. The molecule has 0 aliphatic heterocycles. The second kappa shape index (κ2) is 6.70. The van der Waals surface area contributed by atoms with Crippen molar-refractivity contribution in [3.8, 4) is 0 Å². The lowest BCUT2D eigenvalue weighted by Crippen LogP contribution is -2.22. The minimum atomic E-state index is -0.142. The summed E-state index contributed by atoms with van der Waals surface area (Å²) in [6.07, 6.45) is 0. The van der Waals surface area contributed by atoms with E-state index in [1.54, 1.807) is 23.5 Å². The van der Waals surface area contributed by atoms with Crippen LogP contribution >= 0.6 is 38.9 Å². The van der Waals surface area contributed by atoms with Gasteiger partial charge in [-0.1, -0.05) is 25.4 Å². The monoisotopic (exact) mass is 372 g/mol. The fourth-order valence-electron chi connectivity index (χ4n) is 1.66. The lowest BCUT2D eigenvalue weighted by atomic mass is 10.1. The molecule has 0 radical (unpaired) electrons. The summed E-state index contributed by atoms with van der Waals surface area (Å²) in [6.45, 7) is 4.53. The van der Waals surface area contributed by atoms with Crippen LogP contribution in [0.4, 0.5) is 0 Å². The predicted octanol–water partition coefficient (Wildman–Crippen LogP) is 4.61. The van der Waals surface area contributed by atoms with Gasteiger partial charge >= 0.3 is 0 Å². The van der Waals surface area contributed by atoms with Crippen molar-refractivity contribution in [2.24, 2.45) is 0 Å². The Hall–Kier alpha value is -0.910. The fourth-order valence-corrected chi connectivity index (χ4v) is 3.31. The van der Waals surface area contributed by atoms with Crippen molar-refractivity contribution in [3.63, 3.8) is 0 Å². The van der Waals surface area contributed by atoms with Gasteiger partial charge in [-0.05, 0) is 45.4 Å². The lowest BCUT2D eigenvalue weighted by Gasteiger charge is -2.09. The summed E-state index contributed by atoms with van der Waals surface area (Å²) in [6, 6.07) is 5.34. The number of carbonyl (C=O) groups excluding carboxylic acids is 1. The van der Waals surface area contributed by atoms with E-state index in [-0.39, 0.29) is 11.8 Å². The SMILES string of the molecule is CC(C)c1cc(C(=O)NCc2sccc2Br)cc(Cl)n1. The van der Waals surface area contributed by atoms with Crippen LogP contribution in [0.5, 0.6) is 0 Å². The molecular formula is C14H14BrClN2OS. The van der Waals surface area contributed by atoms with Crippen LogP contribution < -0.4 is 5.32 Å². The third-order valence-electron chi connectivity index (χ3n) is 2.77. The van der Waals surface area contributed by atoms with Gasteiger partial charge in [-0.25, -0.2) is 4.98 Å². The Morgan fingerprint density at radius 3 is 2.85 bits per heavy atom. The van der Waals surface area contributed by atoms with Gasteiger partial charge < -0.3 is 5.32 Å². The van der Waals surface area contributed by atoms with E-state index < -0.39 is 0 Å². The highest BCUT2D eigenvalue weighted by Gasteiger charge is 2.12. The van der Waals surface area contributed by atoms with Gasteiger partial charge in [-0.15, -0.1) is 11.3 Å². The first kappa shape index (κ1) is 15.5. The third kappa shape index (κ3) is 3.81. The van der Waals surface area contributed by atoms with E-state index in [4.69, 9.17) is 11.6 Å². The summed E-state index contributed by atoms with van der Waals surface area (Å²) >= 11 is 11.0. The largest absolute Gasteiger partial charge is 0.347 e. The Morgan fingerprint density at radius 1 is 1.50 bits per heavy atom. The van der Waals surface area contributed by atoms with Crippen molar-refractivity contribution < 1.29 is 4.79 Å². The van der Waals surface area contributed by atoms with Gasteiger partial charge in [0, 0.05) is 20.6 Å². The smallest absolute Gasteiger partial charge is 0.251 e. The van der Waals surface area contributed by atoms with Gasteiger partial charge in [-0.3, -0.25) is 4.79 Å². The highest BCUT2D eigenvalue weighted by atomic mass is 79.9. The first-order valence-corrected chi connectivity index (χ1v) is 8.20. The number of pyridine rings is 1. The number of hydrogen-bond donors (Lipinski definition) is 1. The number of hydrogen-bond acceptors (Lipinski definition) is 3. The molecule has 0 unspecified atom stereocenters. The summed E-state index contributed by atoms with van der Waals surface area (Å²) in [5.41, 5.74) is 1.36. The van der Waals surface area contributed by atoms with Crippen molar-refractivity contribution >= 4 is 44.8 Å². The van der Waals surface area contributed by atoms with Crippen molar-refractivity contribution in [1.82, 2.24) is 10.3 Å². The number of nitrogens with zero attached hydrogens (tertiary/aromatic N) is 1. The topological polar surface area (TPSA) is 42.0 Å². The van der Waals surface area contributed by atoms with Crippen LogP contribution in [0.25, 0.3) is 0 Å². The van der Waals surface area contributed by atoms with E-state index in [1.807, 2.05) is 25.3 Å². The highest BCUT2D eigenvalue weighted by Crippen LogP contribution is 2.22. The van der Waals surface area contributed by atoms with Gasteiger partial charge in [0.25, 0.3) is 5.91 Å². The van der Waals surface area contributed by atoms with Crippen LogP contribution in [0, 0.1) is 0 Å². The number of aromatic nitrogens is 1. The van der Waals surface area contributed by atoms with Crippen LogP contribution in [0.15, 0.2) is 28.1 Å². The van der Waals surface area contributed by atoms with E-state index in [0.29, 0.717) is 17.3 Å². The molecule has 2 heterocycles. The summed E-state index contributed by atoms with van der Waals surface area (Å²) in [4.78, 5) is 17.5. The van der Waals surface area contributed by atoms with Crippen molar-refractivity contribution in [3.05, 3.63) is 49.3 Å². The molecule has 106 valence electrons. The number of rotatable bonds is 4. The van der Waals surface area contributed by atoms with E-state index >= 15 is 0 Å². The maximum Gasteiger partial charge on any atom is 0.251 e. The molecule has 0 bridgehead atoms. The average molecular weight is 374 g/mol. The van der Waals surface area contributed by atoms with Crippen molar-refractivity contribution in [1.29, 1.82) is 0 Å². The molecule has 0 saturated heterocycles. The van der Waals surface area contributed by atoms with Gasteiger partial charge in [0.15, 0.2) is 0 Å². The van der Waals surface area contributed by atoms with Crippen LogP contribution in [0.2, 0.25) is 5.15 Å². The molecule has 2 rings (SSSR count). The fraction of sp³-hybridized carbons (Fsp3) is 0.286. The van der Waals surface area contributed by atoms with E-state index in [2.05, 4.69) is 26.2 Å². The summed E-state index contributed by atoms with van der Waals surface area (Å²) in [5.74, 6) is 0.0863. The van der Waals surface area contributed by atoms with E-state index in [1.165, 1.54) is 0 Å². The first-order valence-electron chi connectivity index (χ1n) is 6.15. The van der Waals surface area contributed by atoms with Crippen LogP contribution in [-0.2, 0) is 6.54 Å². The van der Waals surface area contributed by atoms with E-state index in [9.17, 15) is 4.79 Å². The molecule has 1 amide bonds. The number of halogens is 2. The molecule has 0 aliphatic rings. The molecule has 0 fully saturated rings. The molecule has 3 nitrogen and oxygen atoms in total. The molecular weight excluding hydrogens is 360 g/mol. The first-order chi connectivity index (χ1) is 9.47. The molecule has 0 aliphatic carbocycles. The molecule has 6 heteroatoms. The minimum Gasteiger partial charge on any atom is -0.347 e.